The van der Waals surface area contributed by atoms with Gasteiger partial charge in [0.15, 0.2) is 0 Å². The molecule has 0 amide bonds. The minimum Gasteiger partial charge on any atom is -0.497 e. The van der Waals surface area contributed by atoms with Gasteiger partial charge in [-0.3, -0.25) is 0 Å². The van der Waals surface area contributed by atoms with Crippen molar-refractivity contribution in [3.63, 3.8) is 0 Å². The van der Waals surface area contributed by atoms with E-state index in [1.54, 1.807) is 13.2 Å². The second-order valence-electron chi connectivity index (χ2n) is 4.08. The Hall–Kier alpha value is -2.67. The summed E-state index contributed by atoms with van der Waals surface area (Å²) in [5, 5.41) is 12.1. The molecule has 0 heterocycles. The molecule has 0 spiro atoms. The predicted octanol–water partition coefficient (Wildman–Crippen LogP) is 2.76. The van der Waals surface area contributed by atoms with Crippen molar-refractivity contribution in [1.29, 1.82) is 5.26 Å². The van der Waals surface area contributed by atoms with E-state index in [2.05, 4.69) is 11.4 Å². The molecule has 3 N–H and O–H groups in total. The minimum absolute atomic E-state index is 0.485. The summed E-state index contributed by atoms with van der Waals surface area (Å²) in [7, 11) is 1.64. The number of nitrogens with one attached hydrogen (secondary N) is 1. The molecule has 0 aliphatic carbocycles. The summed E-state index contributed by atoms with van der Waals surface area (Å²) in [6, 6.07) is 15.2. The minimum atomic E-state index is 0.485. The zero-order chi connectivity index (χ0) is 13.7. The number of hydrogen-bond donors (Lipinski definition) is 2. The van der Waals surface area contributed by atoms with Crippen LogP contribution < -0.4 is 15.8 Å². The van der Waals surface area contributed by atoms with E-state index in [1.165, 1.54) is 0 Å². The first-order valence-electron chi connectivity index (χ1n) is 5.90. The van der Waals surface area contributed by atoms with Crippen molar-refractivity contribution < 1.29 is 4.74 Å². The molecule has 0 atom stereocenters. The van der Waals surface area contributed by atoms with Gasteiger partial charge in [-0.05, 0) is 29.8 Å². The van der Waals surface area contributed by atoms with Gasteiger partial charge in [0.1, 0.15) is 11.8 Å². The van der Waals surface area contributed by atoms with Crippen molar-refractivity contribution in [3.8, 4) is 11.8 Å². The number of benzene rings is 2. The fourth-order valence-electron chi connectivity index (χ4n) is 1.76. The second kappa shape index (κ2) is 5.78. The Labute approximate surface area is 112 Å². The van der Waals surface area contributed by atoms with Crippen LogP contribution in [0.4, 0.5) is 11.4 Å². The van der Waals surface area contributed by atoms with E-state index < -0.39 is 0 Å². The van der Waals surface area contributed by atoms with E-state index in [4.69, 9.17) is 15.7 Å². The van der Waals surface area contributed by atoms with Crippen molar-refractivity contribution >= 4 is 11.4 Å². The first-order chi connectivity index (χ1) is 9.24. The molecule has 0 unspecified atom stereocenters. The number of nitrogens with two attached hydrogens (primary N) is 1. The van der Waals surface area contributed by atoms with E-state index >= 15 is 0 Å². The Morgan fingerprint density at radius 1 is 1.21 bits per heavy atom. The molecular formula is C15H15N3O. The monoisotopic (exact) mass is 253 g/mol. The highest BCUT2D eigenvalue weighted by molar-refractivity contribution is 5.72. The van der Waals surface area contributed by atoms with Crippen LogP contribution in [0.5, 0.6) is 5.75 Å². The topological polar surface area (TPSA) is 71.1 Å². The molecule has 0 aliphatic heterocycles. The molecule has 0 aromatic heterocycles. The van der Waals surface area contributed by atoms with E-state index in [9.17, 15) is 0 Å². The number of hydrogen-bond acceptors (Lipinski definition) is 4. The van der Waals surface area contributed by atoms with E-state index in [0.717, 1.165) is 17.0 Å². The Morgan fingerprint density at radius 2 is 1.95 bits per heavy atom. The highest BCUT2D eigenvalue weighted by atomic mass is 16.5. The summed E-state index contributed by atoms with van der Waals surface area (Å²) in [4.78, 5) is 0. The molecular weight excluding hydrogens is 238 g/mol. The van der Waals surface area contributed by atoms with Crippen LogP contribution in [0.2, 0.25) is 0 Å². The SMILES string of the molecule is COc1ccc(CNc2cccc(C#N)c2N)cc1. The molecule has 2 aromatic rings. The van der Waals surface area contributed by atoms with E-state index in [0.29, 0.717) is 17.8 Å². The highest BCUT2D eigenvalue weighted by Gasteiger charge is 2.03. The average molecular weight is 253 g/mol. The molecule has 0 aliphatic rings. The van der Waals surface area contributed by atoms with Crippen LogP contribution >= 0.6 is 0 Å². The fraction of sp³-hybridized carbons (Fsp3) is 0.133. The smallest absolute Gasteiger partial charge is 0.118 e. The standard InChI is InChI=1S/C15H15N3O/c1-19-13-7-5-11(6-8-13)10-18-14-4-2-3-12(9-16)15(14)17/h2-8,18H,10,17H2,1H3. The third-order valence-electron chi connectivity index (χ3n) is 2.87. The summed E-state index contributed by atoms with van der Waals surface area (Å²) in [5.41, 5.74) is 8.76. The normalized spacial score (nSPS) is 9.68. The van der Waals surface area contributed by atoms with Crippen LogP contribution in [-0.2, 0) is 6.54 Å². The van der Waals surface area contributed by atoms with Gasteiger partial charge in [-0.1, -0.05) is 18.2 Å². The fourth-order valence-corrected chi connectivity index (χ4v) is 1.76. The molecule has 2 rings (SSSR count). The Balaban J connectivity index is 2.08. The van der Waals surface area contributed by atoms with Crippen LogP contribution in [0.25, 0.3) is 0 Å². The predicted molar refractivity (Wildman–Crippen MR) is 75.9 cm³/mol. The van der Waals surface area contributed by atoms with Crippen molar-refractivity contribution in [2.45, 2.75) is 6.54 Å². The number of anilines is 2. The van der Waals surface area contributed by atoms with Crippen molar-refractivity contribution in [2.24, 2.45) is 0 Å². The lowest BCUT2D eigenvalue weighted by Gasteiger charge is -2.10. The molecule has 0 saturated carbocycles. The average Bonchev–Trinajstić information content (AvgIpc) is 2.47. The zero-order valence-corrected chi connectivity index (χ0v) is 10.7. The van der Waals surface area contributed by atoms with Gasteiger partial charge in [-0.2, -0.15) is 5.26 Å². The summed E-state index contributed by atoms with van der Waals surface area (Å²) in [5.74, 6) is 0.828. The lowest BCUT2D eigenvalue weighted by atomic mass is 10.1. The van der Waals surface area contributed by atoms with Crippen LogP contribution in [0, 0.1) is 11.3 Å². The highest BCUT2D eigenvalue weighted by Crippen LogP contribution is 2.22. The molecule has 2 aromatic carbocycles. The first-order valence-corrected chi connectivity index (χ1v) is 5.90. The molecule has 0 saturated heterocycles. The number of nitrogens with zero attached hydrogens (tertiary/aromatic N) is 1. The summed E-state index contributed by atoms with van der Waals surface area (Å²) < 4.78 is 5.10. The molecule has 4 heteroatoms. The first kappa shape index (κ1) is 12.8. The molecule has 0 bridgehead atoms. The zero-order valence-electron chi connectivity index (χ0n) is 10.7. The largest absolute Gasteiger partial charge is 0.497 e. The maximum Gasteiger partial charge on any atom is 0.118 e. The van der Waals surface area contributed by atoms with Crippen molar-refractivity contribution in [2.75, 3.05) is 18.2 Å². The molecule has 0 radical (unpaired) electrons. The Kier molecular flexibility index (Phi) is 3.89. The van der Waals surface area contributed by atoms with Crippen LogP contribution in [0.1, 0.15) is 11.1 Å². The third-order valence-corrected chi connectivity index (χ3v) is 2.87. The third kappa shape index (κ3) is 2.96. The van der Waals surface area contributed by atoms with Crippen molar-refractivity contribution in [3.05, 3.63) is 53.6 Å². The van der Waals surface area contributed by atoms with Crippen molar-refractivity contribution in [1.82, 2.24) is 0 Å². The lowest BCUT2D eigenvalue weighted by Crippen LogP contribution is -2.03. The Bertz CT molecular complexity index is 600. The number of methoxy groups -OCH3 is 1. The van der Waals surface area contributed by atoms with E-state index in [-0.39, 0.29) is 0 Å². The van der Waals surface area contributed by atoms with Gasteiger partial charge in [0.05, 0.1) is 24.0 Å². The number of nitriles is 1. The second-order valence-corrected chi connectivity index (χ2v) is 4.08. The number of ether oxygens (including phenoxy) is 1. The van der Waals surface area contributed by atoms with Gasteiger partial charge >= 0.3 is 0 Å². The van der Waals surface area contributed by atoms with Gasteiger partial charge < -0.3 is 15.8 Å². The van der Waals surface area contributed by atoms with Gasteiger partial charge in [0, 0.05) is 6.54 Å². The van der Waals surface area contributed by atoms with E-state index in [1.807, 2.05) is 36.4 Å². The maximum absolute atomic E-state index is 8.91. The van der Waals surface area contributed by atoms with Gasteiger partial charge in [-0.25, -0.2) is 0 Å². The van der Waals surface area contributed by atoms with Crippen LogP contribution in [-0.4, -0.2) is 7.11 Å². The van der Waals surface area contributed by atoms with Gasteiger partial charge in [0.2, 0.25) is 0 Å². The maximum atomic E-state index is 8.91. The Morgan fingerprint density at radius 3 is 2.58 bits per heavy atom. The number of nitrogen functional groups attached to an aromatic ring is 1. The van der Waals surface area contributed by atoms with Crippen LogP contribution in [0.15, 0.2) is 42.5 Å². The van der Waals surface area contributed by atoms with Gasteiger partial charge in [0.25, 0.3) is 0 Å². The van der Waals surface area contributed by atoms with Crippen LogP contribution in [0.3, 0.4) is 0 Å². The summed E-state index contributed by atoms with van der Waals surface area (Å²) in [6.07, 6.45) is 0. The summed E-state index contributed by atoms with van der Waals surface area (Å²) >= 11 is 0. The van der Waals surface area contributed by atoms with Gasteiger partial charge in [-0.15, -0.1) is 0 Å². The molecule has 0 fully saturated rings. The molecule has 4 nitrogen and oxygen atoms in total. The quantitative estimate of drug-likeness (QED) is 0.822. The number of para-hydroxylation sites is 1. The number of rotatable bonds is 4. The summed E-state index contributed by atoms with van der Waals surface area (Å²) in [6.45, 7) is 0.642. The molecule has 19 heavy (non-hydrogen) atoms. The molecule has 96 valence electrons. The lowest BCUT2D eigenvalue weighted by molar-refractivity contribution is 0.414.